The maximum absolute atomic E-state index is 14.4. The van der Waals surface area contributed by atoms with Gasteiger partial charge in [-0.05, 0) is 48.0 Å². The molecule has 1 heterocycles. The molecule has 0 spiro atoms. The standard InChI is InChI=1S/C14H17BrF4O2.C9H5N/c1-7(17)12(20)13(19)14(2,6-16)8-4-9(15)10(18)5-11(8)21-3;1-2-4-8-6(3-1)7-5-9(7)10-8/h4-5,7,12-13,20H,6H2,1-3H3;1-5H. The van der Waals surface area contributed by atoms with Crippen molar-refractivity contribution < 1.29 is 27.4 Å². The highest BCUT2D eigenvalue weighted by Gasteiger charge is 2.45. The highest BCUT2D eigenvalue weighted by atomic mass is 79.9. The summed E-state index contributed by atoms with van der Waals surface area (Å²) in [7, 11) is 1.23. The molecule has 4 rings (SSSR count). The second-order valence-electron chi connectivity index (χ2n) is 7.66. The second kappa shape index (κ2) is 9.12. The van der Waals surface area contributed by atoms with Gasteiger partial charge in [-0.1, -0.05) is 18.2 Å². The van der Waals surface area contributed by atoms with Crippen LogP contribution in [-0.2, 0) is 5.41 Å². The molecule has 0 fully saturated rings. The fourth-order valence-corrected chi connectivity index (χ4v) is 3.73. The summed E-state index contributed by atoms with van der Waals surface area (Å²) in [6.07, 6.45) is -6.10. The third-order valence-corrected chi connectivity index (χ3v) is 6.03. The minimum Gasteiger partial charge on any atom is -0.496 e. The lowest BCUT2D eigenvalue weighted by Gasteiger charge is -2.35. The van der Waals surface area contributed by atoms with Crippen molar-refractivity contribution in [3.05, 3.63) is 58.3 Å². The van der Waals surface area contributed by atoms with Gasteiger partial charge in [0.15, 0.2) is 0 Å². The van der Waals surface area contributed by atoms with Crippen molar-refractivity contribution in [2.45, 2.75) is 37.7 Å². The Labute approximate surface area is 186 Å². The molecule has 0 radical (unpaired) electrons. The maximum atomic E-state index is 14.4. The normalized spacial score (nSPS) is 16.5. The number of benzene rings is 2. The molecule has 1 N–H and O–H groups in total. The number of hydrogen-bond acceptors (Lipinski definition) is 3. The van der Waals surface area contributed by atoms with E-state index in [9.17, 15) is 22.7 Å². The number of aromatic nitrogens is 1. The van der Waals surface area contributed by atoms with E-state index in [1.165, 1.54) is 36.7 Å². The van der Waals surface area contributed by atoms with E-state index in [4.69, 9.17) is 4.74 Å². The van der Waals surface area contributed by atoms with E-state index < -0.39 is 36.4 Å². The van der Waals surface area contributed by atoms with Gasteiger partial charge >= 0.3 is 0 Å². The minimum atomic E-state index is -2.23. The predicted octanol–water partition coefficient (Wildman–Crippen LogP) is 6.10. The summed E-state index contributed by atoms with van der Waals surface area (Å²) >= 11 is 2.93. The average Bonchev–Trinajstić information content (AvgIpc) is 3.44. The predicted molar refractivity (Wildman–Crippen MR) is 116 cm³/mol. The highest BCUT2D eigenvalue weighted by Crippen LogP contribution is 2.41. The van der Waals surface area contributed by atoms with Crippen LogP contribution in [0.2, 0.25) is 0 Å². The Morgan fingerprint density at radius 3 is 2.45 bits per heavy atom. The van der Waals surface area contributed by atoms with Crippen LogP contribution < -0.4 is 4.74 Å². The summed E-state index contributed by atoms with van der Waals surface area (Å²) in [5, 5.41) is 10.9. The van der Waals surface area contributed by atoms with Gasteiger partial charge in [0.2, 0.25) is 0 Å². The number of hydrogen-bond donors (Lipinski definition) is 1. The molecule has 31 heavy (non-hydrogen) atoms. The summed E-state index contributed by atoms with van der Waals surface area (Å²) in [5.41, 5.74) is 1.79. The number of alkyl halides is 3. The molecule has 0 saturated heterocycles. The number of ether oxygens (including phenoxy) is 1. The number of fused-ring (bicyclic) bond motifs is 3. The first-order valence-corrected chi connectivity index (χ1v) is 10.4. The third kappa shape index (κ3) is 4.55. The zero-order valence-corrected chi connectivity index (χ0v) is 18.8. The first-order chi connectivity index (χ1) is 14.6. The van der Waals surface area contributed by atoms with Crippen LogP contribution in [0.15, 0.2) is 46.9 Å². The Hall–Kier alpha value is -2.19. The average molecular weight is 500 g/mol. The molecule has 2 aliphatic rings. The number of aliphatic hydroxyl groups excluding tert-OH is 1. The zero-order chi connectivity index (χ0) is 22.9. The van der Waals surface area contributed by atoms with E-state index in [2.05, 4.69) is 45.2 Å². The van der Waals surface area contributed by atoms with Crippen LogP contribution in [0.3, 0.4) is 0 Å². The van der Waals surface area contributed by atoms with Crippen molar-refractivity contribution in [3.8, 4) is 17.0 Å². The van der Waals surface area contributed by atoms with E-state index in [0.717, 1.165) is 18.5 Å². The molecule has 4 atom stereocenters. The number of aliphatic hydroxyl groups is 1. The lowest BCUT2D eigenvalue weighted by Crippen LogP contribution is -2.46. The van der Waals surface area contributed by atoms with Crippen LogP contribution in [0.5, 0.6) is 5.75 Å². The number of halogens is 5. The molecule has 4 unspecified atom stereocenters. The quantitative estimate of drug-likeness (QED) is 0.326. The lowest BCUT2D eigenvalue weighted by atomic mass is 9.76. The molecule has 0 bridgehead atoms. The van der Waals surface area contributed by atoms with E-state index in [0.29, 0.717) is 0 Å². The van der Waals surface area contributed by atoms with Crippen molar-refractivity contribution in [2.24, 2.45) is 0 Å². The first kappa shape index (κ1) is 23.5. The van der Waals surface area contributed by atoms with E-state index in [1.807, 2.05) is 6.07 Å². The van der Waals surface area contributed by atoms with E-state index in [-0.39, 0.29) is 15.8 Å². The van der Waals surface area contributed by atoms with Gasteiger partial charge in [-0.15, -0.1) is 0 Å². The number of methoxy groups -OCH3 is 1. The van der Waals surface area contributed by atoms with Gasteiger partial charge in [0.25, 0.3) is 0 Å². The summed E-state index contributed by atoms with van der Waals surface area (Å²) < 4.78 is 59.5. The second-order valence-corrected chi connectivity index (χ2v) is 8.51. The smallest absolute Gasteiger partial charge is 0.141 e. The summed E-state index contributed by atoms with van der Waals surface area (Å²) in [5.74, 6) is -0.733. The van der Waals surface area contributed by atoms with Crippen LogP contribution in [-0.4, -0.2) is 42.3 Å². The van der Waals surface area contributed by atoms with Gasteiger partial charge in [0.05, 0.1) is 28.2 Å². The molecular weight excluding hydrogens is 478 g/mol. The fraction of sp³-hybridized carbons (Fsp3) is 0.348. The van der Waals surface area contributed by atoms with Gasteiger partial charge < -0.3 is 9.84 Å². The number of para-hydroxylation sites is 1. The largest absolute Gasteiger partial charge is 0.496 e. The third-order valence-electron chi connectivity index (χ3n) is 5.42. The zero-order valence-electron chi connectivity index (χ0n) is 17.2. The maximum Gasteiger partial charge on any atom is 0.141 e. The van der Waals surface area contributed by atoms with Gasteiger partial charge in [-0.3, -0.25) is 4.39 Å². The molecule has 1 aliphatic carbocycles. The Balaban J connectivity index is 0.000000220. The van der Waals surface area contributed by atoms with Crippen molar-refractivity contribution in [1.82, 2.24) is 4.98 Å². The molecule has 3 nitrogen and oxygen atoms in total. The molecule has 166 valence electrons. The number of pyridine rings is 1. The Kier molecular flexibility index (Phi) is 6.91. The van der Waals surface area contributed by atoms with Crippen LogP contribution >= 0.6 is 15.9 Å². The van der Waals surface area contributed by atoms with Crippen LogP contribution in [0, 0.1) is 5.82 Å². The highest BCUT2D eigenvalue weighted by molar-refractivity contribution is 9.10. The Morgan fingerprint density at radius 1 is 1.19 bits per heavy atom. The van der Waals surface area contributed by atoms with Crippen LogP contribution in [0.4, 0.5) is 17.6 Å². The molecule has 8 heteroatoms. The molecule has 0 amide bonds. The van der Waals surface area contributed by atoms with Crippen molar-refractivity contribution in [3.63, 3.8) is 0 Å². The summed E-state index contributed by atoms with van der Waals surface area (Å²) in [4.78, 5) is 4.35. The number of rotatable bonds is 6. The van der Waals surface area contributed by atoms with E-state index >= 15 is 0 Å². The summed E-state index contributed by atoms with van der Waals surface area (Å²) in [6, 6.07) is 12.5. The van der Waals surface area contributed by atoms with Crippen LogP contribution in [0.1, 0.15) is 19.4 Å². The SMILES string of the molecule is COc1cc(F)c(Br)cc1C(C)(CF)C(F)C(O)C(C)F.c1ccc2c3cc-3nc2c1. The summed E-state index contributed by atoms with van der Waals surface area (Å²) in [6.45, 7) is 0.950. The molecular formula is C23H22BrF4NO2. The molecule has 1 aliphatic heterocycles. The molecule has 2 aromatic rings. The van der Waals surface area contributed by atoms with Gasteiger partial charge in [0, 0.05) is 22.6 Å². The molecule has 0 saturated carbocycles. The Morgan fingerprint density at radius 2 is 1.87 bits per heavy atom. The fourth-order valence-electron chi connectivity index (χ4n) is 3.39. The van der Waals surface area contributed by atoms with Crippen LogP contribution in [0.25, 0.3) is 22.2 Å². The Bertz CT molecular complexity index is 1090. The minimum absolute atomic E-state index is 0.00652. The van der Waals surface area contributed by atoms with Crippen molar-refractivity contribution >= 4 is 26.8 Å². The van der Waals surface area contributed by atoms with Gasteiger partial charge in [0.1, 0.15) is 36.7 Å². The van der Waals surface area contributed by atoms with Crippen molar-refractivity contribution in [2.75, 3.05) is 13.8 Å². The van der Waals surface area contributed by atoms with Gasteiger partial charge in [-0.25, -0.2) is 18.2 Å². The van der Waals surface area contributed by atoms with Gasteiger partial charge in [-0.2, -0.15) is 0 Å². The number of nitrogens with zero attached hydrogens (tertiary/aromatic N) is 1. The topological polar surface area (TPSA) is 42.4 Å². The monoisotopic (exact) mass is 499 g/mol. The lowest BCUT2D eigenvalue weighted by molar-refractivity contribution is -0.0207. The molecule has 2 aromatic carbocycles. The first-order valence-electron chi connectivity index (χ1n) is 9.60. The molecule has 0 aromatic heterocycles. The van der Waals surface area contributed by atoms with Crippen molar-refractivity contribution in [1.29, 1.82) is 0 Å². The van der Waals surface area contributed by atoms with E-state index in [1.54, 1.807) is 0 Å².